The van der Waals surface area contributed by atoms with Crippen molar-refractivity contribution in [1.29, 1.82) is 0 Å². The van der Waals surface area contributed by atoms with Crippen LogP contribution in [0.25, 0.3) is 22.5 Å². The van der Waals surface area contributed by atoms with Gasteiger partial charge in [0.15, 0.2) is 37.7 Å². The molecule has 0 saturated carbocycles. The van der Waals surface area contributed by atoms with Crippen LogP contribution in [-0.2, 0) is 77.7 Å². The van der Waals surface area contributed by atoms with Crippen molar-refractivity contribution in [2.75, 3.05) is 24.7 Å². The van der Waals surface area contributed by atoms with E-state index in [1.807, 2.05) is 0 Å². The monoisotopic (exact) mass is 1330 g/mol. The van der Waals surface area contributed by atoms with E-state index >= 15 is 0 Å². The third kappa shape index (κ3) is 22.8. The summed E-state index contributed by atoms with van der Waals surface area (Å²) in [7, 11) is -24.6. The van der Waals surface area contributed by atoms with Crippen molar-refractivity contribution < 1.29 is 295 Å². The molecule has 82 heavy (non-hydrogen) atoms. The molecule has 0 unspecified atom stereocenters. The Labute approximate surface area is 604 Å². The van der Waals surface area contributed by atoms with Crippen LogP contribution < -0.4 is 197 Å². The van der Waals surface area contributed by atoms with E-state index in [2.05, 4.69) is 57.8 Å². The Morgan fingerprint density at radius 2 is 1.06 bits per heavy atom. The van der Waals surface area contributed by atoms with Crippen LogP contribution >= 0.6 is 24.4 Å². The summed E-state index contributed by atoms with van der Waals surface area (Å²) < 4.78 is 178. The van der Waals surface area contributed by atoms with Gasteiger partial charge in [0, 0.05) is 10.5 Å². The Morgan fingerprint density at radius 1 is 0.585 bits per heavy atom. The van der Waals surface area contributed by atoms with Gasteiger partial charge < -0.3 is 48.5 Å². The molecule has 0 fully saturated rings. The Morgan fingerprint density at radius 3 is 1.55 bits per heavy atom. The molecule has 0 aliphatic heterocycles. The van der Waals surface area contributed by atoms with Crippen molar-refractivity contribution in [2.45, 2.75) is 19.6 Å². The molecule has 6 aromatic rings. The summed E-state index contributed by atoms with van der Waals surface area (Å²) in [4.78, 5) is 10.0. The van der Waals surface area contributed by atoms with Gasteiger partial charge in [0.05, 0.1) is 80.2 Å². The van der Waals surface area contributed by atoms with Gasteiger partial charge in [0.2, 0.25) is 27.8 Å². The second kappa shape index (κ2) is 35.5. The van der Waals surface area contributed by atoms with Gasteiger partial charge in [0.1, 0.15) is 15.8 Å². The van der Waals surface area contributed by atoms with Crippen LogP contribution in [0.3, 0.4) is 0 Å². The summed E-state index contributed by atoms with van der Waals surface area (Å²) in [5.41, 5.74) is -4.53. The molecule has 2 heterocycles. The SMILES string of the molecule is O=C([O-])c1nn(-c2ccc(S(=O)(=O)CCOS(=O)(=O)[O-])cc2)c(O)c1N=Nc1ccc(-c2ccc(N=Nc3c(OS(=O)(=O)[O-])nn(-c4ccc(S(=O)(=O)CCOSOO[O-])cc4)c3O)cc2S(=O)(=O)[O-])c(SOO[O-])c1.[Na+].[Na+].[Na+].[Na+].[Na+].[Na+]. The van der Waals surface area contributed by atoms with Crippen LogP contribution in [0.2, 0.25) is 0 Å². The number of rotatable bonds is 26. The zero-order chi connectivity index (χ0) is 55.8. The molecule has 34 nitrogen and oxygen atoms in total. The number of azo groups is 2. The smallest absolute Gasteiger partial charge is 0.744 e. The summed E-state index contributed by atoms with van der Waals surface area (Å²) in [6.07, 6.45) is 0. The minimum absolute atomic E-state index is 0. The first-order chi connectivity index (χ1) is 35.6. The predicted octanol–water partition coefficient (Wildman–Crippen LogP) is -17.8. The first-order valence-electron chi connectivity index (χ1n) is 19.4. The van der Waals surface area contributed by atoms with E-state index in [4.69, 9.17) is 4.18 Å². The Bertz CT molecular complexity index is 3810. The molecular weight excluding hydrogens is 1310 g/mol. The summed E-state index contributed by atoms with van der Waals surface area (Å²) in [5, 5.41) is 83.5. The third-order valence-corrected chi connectivity index (χ3v) is 15.3. The topological polar surface area (TPSA) is 516 Å². The molecule has 0 aliphatic rings. The average molecular weight is 1340 g/mol. The fourth-order valence-electron chi connectivity index (χ4n) is 6.03. The van der Waals surface area contributed by atoms with Crippen molar-refractivity contribution in [1.82, 2.24) is 19.6 Å². The van der Waals surface area contributed by atoms with E-state index in [1.54, 1.807) is 0 Å². The van der Waals surface area contributed by atoms with Crippen LogP contribution in [0.1, 0.15) is 10.5 Å². The van der Waals surface area contributed by atoms with Crippen LogP contribution in [0.15, 0.2) is 125 Å². The summed E-state index contributed by atoms with van der Waals surface area (Å²) in [5.74, 6) is -6.80. The summed E-state index contributed by atoms with van der Waals surface area (Å²) >= 11 is 0.202. The van der Waals surface area contributed by atoms with Crippen molar-refractivity contribution in [2.24, 2.45) is 20.5 Å². The van der Waals surface area contributed by atoms with Crippen molar-refractivity contribution in [3.8, 4) is 40.1 Å². The number of carboxylic acid groups (broad SMARTS) is 1. The van der Waals surface area contributed by atoms with E-state index < -0.39 is 137 Å². The van der Waals surface area contributed by atoms with Gasteiger partial charge in [-0.05, 0) is 78.4 Å². The maximum atomic E-state index is 12.7. The van der Waals surface area contributed by atoms with Gasteiger partial charge in [-0.25, -0.2) is 42.1 Å². The molecule has 408 valence electrons. The number of benzene rings is 4. The van der Waals surface area contributed by atoms with Crippen LogP contribution in [0.4, 0.5) is 22.7 Å². The van der Waals surface area contributed by atoms with Crippen molar-refractivity contribution in [3.05, 3.63) is 90.6 Å². The molecule has 47 heteroatoms. The third-order valence-electron chi connectivity index (χ3n) is 9.19. The minimum atomic E-state index is -5.65. The largest absolute Gasteiger partial charge is 1.00 e. The molecule has 0 bridgehead atoms. The Hall–Kier alpha value is -0.620. The van der Waals surface area contributed by atoms with E-state index in [-0.39, 0.29) is 234 Å². The van der Waals surface area contributed by atoms with E-state index in [9.17, 15) is 86.4 Å². The Kier molecular flexibility index (Phi) is 35.3. The number of hydrogen-bond acceptors (Lipinski definition) is 34. The number of nitrogens with zero attached hydrogens (tertiary/aromatic N) is 8. The Balaban J connectivity index is 0.0000109. The normalized spacial score (nSPS) is 11.8. The van der Waals surface area contributed by atoms with Crippen molar-refractivity contribution >= 4 is 104 Å². The van der Waals surface area contributed by atoms with Crippen molar-refractivity contribution in [3.63, 3.8) is 0 Å². The molecule has 2 N–H and O–H groups in total. The molecule has 4 aromatic carbocycles. The summed E-state index contributed by atoms with van der Waals surface area (Å²) in [6, 6.07) is 14.1. The van der Waals surface area contributed by atoms with Crippen LogP contribution in [0.5, 0.6) is 17.6 Å². The molecule has 0 saturated heterocycles. The zero-order valence-electron chi connectivity index (χ0n) is 42.5. The maximum Gasteiger partial charge on any atom is 1.00 e. The predicted molar refractivity (Wildman–Crippen MR) is 237 cm³/mol. The number of carbonyl (C=O) groups excluding carboxylic acids is 1. The number of aromatic nitrogens is 4. The molecule has 2 aromatic heterocycles. The minimum Gasteiger partial charge on any atom is -0.744 e. The number of carbonyl (C=O) groups is 1. The van der Waals surface area contributed by atoms with Gasteiger partial charge in [-0.15, -0.1) is 19.7 Å². The second-order valence-corrected chi connectivity index (χ2v) is 22.8. The van der Waals surface area contributed by atoms with E-state index in [0.717, 1.165) is 78.9 Å². The molecule has 0 amide bonds. The number of aromatic carboxylic acids is 1. The molecule has 0 radical (unpaired) electrons. The van der Waals surface area contributed by atoms with Gasteiger partial charge in [0.25, 0.3) is 16.3 Å². The molecule has 0 atom stereocenters. The zero-order valence-corrected chi connectivity index (χ0v) is 60.3. The quantitative estimate of drug-likeness (QED) is 0.00744. The fourth-order valence-corrected chi connectivity index (χ4v) is 10.5. The second-order valence-electron chi connectivity index (χ2n) is 13.9. The first kappa shape index (κ1) is 81.4. The van der Waals surface area contributed by atoms with Gasteiger partial charge in [-0.3, -0.25) is 18.4 Å². The van der Waals surface area contributed by atoms with E-state index in [1.165, 1.54) is 0 Å². The van der Waals surface area contributed by atoms with Gasteiger partial charge >= 0.3 is 177 Å². The fraction of sp³-hybridized carbons (Fsp3) is 0.114. The molecular formula is C35H24N8Na6O26S7. The first-order valence-corrected chi connectivity index (χ1v) is 28.1. The number of hydrogen-bond donors (Lipinski definition) is 2. The average Bonchev–Trinajstić information content (AvgIpc) is 3.84. The number of carboxylic acids is 1. The standard InChI is InChI=1S/C35H30N8O26S7.6Na/c44-33-29(30(35(46)47)40-42(33)21-3-7-24(8-4-21)73(52,53)16-14-64-75(57,58)59)38-36-19-1-11-25(27(17-19)70-68-66-48)26-12-2-20(18-28(26)74(54,55)56)37-39-31-32(65-76(60,61)62)41-43(34(31)45)22-5-9-23(10-6-22)72(50,51)15-13-63-71-69-67-49;;;;;;/h1-12,17-18,44-45,48-49H,13-16H2,(H,46,47)(H,54,55,56)(H,57,58,59)(H,60,61,62);;;;;;/q;6*+1/p-6. The number of aromatic hydroxyl groups is 2. The van der Waals surface area contributed by atoms with Crippen LogP contribution in [-0.4, -0.2) is 116 Å². The molecule has 0 aliphatic carbocycles. The molecule has 0 spiro atoms. The molecule has 6 rings (SSSR count). The number of sulfone groups is 2. The summed E-state index contributed by atoms with van der Waals surface area (Å²) in [6.45, 7) is -1.46. The van der Waals surface area contributed by atoms with Gasteiger partial charge in [-0.2, -0.15) is 29.0 Å². The van der Waals surface area contributed by atoms with Crippen LogP contribution in [0, 0.1) is 0 Å². The van der Waals surface area contributed by atoms with Gasteiger partial charge in [-0.1, -0.05) is 12.1 Å². The van der Waals surface area contributed by atoms with E-state index in [0.29, 0.717) is 15.4 Å². The maximum absolute atomic E-state index is 12.7.